The third-order valence-corrected chi connectivity index (χ3v) is 6.95. The monoisotopic (exact) mass is 570 g/mol. The summed E-state index contributed by atoms with van der Waals surface area (Å²) in [6, 6.07) is 11.4. The van der Waals surface area contributed by atoms with Crippen LogP contribution in [0.2, 0.25) is 0 Å². The molecule has 11 heteroatoms. The molecule has 0 spiro atoms. The van der Waals surface area contributed by atoms with E-state index in [2.05, 4.69) is 37.3 Å². The number of methoxy groups -OCH3 is 1. The van der Waals surface area contributed by atoms with Gasteiger partial charge >= 0.3 is 6.03 Å². The Bertz CT molecular complexity index is 1610. The Morgan fingerprint density at radius 3 is 2.57 bits per heavy atom. The molecule has 2 heterocycles. The molecule has 0 saturated heterocycles. The molecule has 0 aliphatic rings. The lowest BCUT2D eigenvalue weighted by molar-refractivity contribution is -0.114. The Balaban J connectivity index is 1.80. The van der Waals surface area contributed by atoms with Crippen LogP contribution in [0.15, 0.2) is 61.4 Å². The fourth-order valence-electron chi connectivity index (χ4n) is 4.68. The molecule has 0 aliphatic carbocycles. The predicted octanol–water partition coefficient (Wildman–Crippen LogP) is 4.43. The van der Waals surface area contributed by atoms with Crippen molar-refractivity contribution < 1.29 is 14.3 Å². The van der Waals surface area contributed by atoms with Crippen molar-refractivity contribution in [3.05, 3.63) is 67.0 Å². The summed E-state index contributed by atoms with van der Waals surface area (Å²) in [5, 5.41) is 9.68. The SMILES string of the molecule is C=CC(=O)Cc1cc(Nc2ncc(NC(=O)NC)c(-c3cn(C)c4ccccc34)n2)c(OC)cc1N(C)CCN(C)C. The number of carbonyl (C=O) groups excluding carboxylic acids is 2. The van der Waals surface area contributed by atoms with Crippen molar-refractivity contribution in [3.8, 4) is 17.0 Å². The second-order valence-electron chi connectivity index (χ2n) is 10.2. The number of ketones is 1. The Labute approximate surface area is 246 Å². The summed E-state index contributed by atoms with van der Waals surface area (Å²) in [5.74, 6) is 0.778. The summed E-state index contributed by atoms with van der Waals surface area (Å²) in [6.07, 6.45) is 5.06. The minimum atomic E-state index is -0.382. The number of aromatic nitrogens is 3. The molecule has 0 atom stereocenters. The number of hydrogen-bond donors (Lipinski definition) is 3. The fraction of sp³-hybridized carbons (Fsp3) is 0.290. The number of aryl methyl sites for hydroxylation is 1. The zero-order chi connectivity index (χ0) is 30.4. The first-order valence-electron chi connectivity index (χ1n) is 13.5. The highest BCUT2D eigenvalue weighted by Crippen LogP contribution is 2.37. The second-order valence-corrected chi connectivity index (χ2v) is 10.2. The number of ether oxygens (including phenoxy) is 1. The number of nitrogens with zero attached hydrogens (tertiary/aromatic N) is 5. The Hall–Kier alpha value is -4.90. The van der Waals surface area contributed by atoms with Crippen LogP contribution in [0.3, 0.4) is 0 Å². The number of amides is 2. The van der Waals surface area contributed by atoms with Gasteiger partial charge in [-0.05, 0) is 37.9 Å². The van der Waals surface area contributed by atoms with Crippen LogP contribution in [0.4, 0.5) is 27.8 Å². The minimum absolute atomic E-state index is 0.0903. The van der Waals surface area contributed by atoms with E-state index < -0.39 is 0 Å². The maximum absolute atomic E-state index is 12.4. The molecule has 0 bridgehead atoms. The van der Waals surface area contributed by atoms with Gasteiger partial charge in [0, 0.05) is 75.1 Å². The summed E-state index contributed by atoms with van der Waals surface area (Å²) in [6.45, 7) is 5.25. The molecule has 220 valence electrons. The molecule has 0 aliphatic heterocycles. The van der Waals surface area contributed by atoms with Crippen molar-refractivity contribution in [3.63, 3.8) is 0 Å². The molecule has 2 amide bonds. The van der Waals surface area contributed by atoms with Gasteiger partial charge in [0.2, 0.25) is 5.95 Å². The molecule has 2 aromatic heterocycles. The summed E-state index contributed by atoms with van der Waals surface area (Å²) >= 11 is 0. The molecule has 0 fully saturated rings. The fourth-order valence-corrected chi connectivity index (χ4v) is 4.68. The van der Waals surface area contributed by atoms with Crippen molar-refractivity contribution >= 4 is 45.7 Å². The topological polar surface area (TPSA) is 117 Å². The maximum Gasteiger partial charge on any atom is 0.319 e. The summed E-state index contributed by atoms with van der Waals surface area (Å²) in [4.78, 5) is 38.3. The predicted molar refractivity (Wildman–Crippen MR) is 169 cm³/mol. The number of allylic oxidation sites excluding steroid dienone is 1. The van der Waals surface area contributed by atoms with Crippen LogP contribution in [0.1, 0.15) is 5.56 Å². The molecule has 2 aromatic carbocycles. The van der Waals surface area contributed by atoms with Gasteiger partial charge in [-0.3, -0.25) is 4.79 Å². The summed E-state index contributed by atoms with van der Waals surface area (Å²) in [7, 11) is 11.1. The van der Waals surface area contributed by atoms with Gasteiger partial charge in [0.25, 0.3) is 0 Å². The molecule has 42 heavy (non-hydrogen) atoms. The lowest BCUT2D eigenvalue weighted by Crippen LogP contribution is -2.29. The summed E-state index contributed by atoms with van der Waals surface area (Å²) < 4.78 is 7.77. The number of anilines is 4. The van der Waals surface area contributed by atoms with Gasteiger partial charge in [-0.2, -0.15) is 0 Å². The van der Waals surface area contributed by atoms with Gasteiger partial charge in [0.1, 0.15) is 11.4 Å². The Morgan fingerprint density at radius 2 is 1.88 bits per heavy atom. The lowest BCUT2D eigenvalue weighted by atomic mass is 10.0. The van der Waals surface area contributed by atoms with Crippen molar-refractivity contribution in [2.24, 2.45) is 7.05 Å². The number of nitrogens with one attached hydrogen (secondary N) is 3. The van der Waals surface area contributed by atoms with Crippen LogP contribution >= 0.6 is 0 Å². The first-order valence-corrected chi connectivity index (χ1v) is 13.5. The molecule has 0 saturated carbocycles. The zero-order valence-electron chi connectivity index (χ0n) is 25.0. The first-order chi connectivity index (χ1) is 20.1. The van der Waals surface area contributed by atoms with Crippen molar-refractivity contribution in [2.45, 2.75) is 6.42 Å². The van der Waals surface area contributed by atoms with Crippen molar-refractivity contribution in [1.29, 1.82) is 0 Å². The molecular weight excluding hydrogens is 532 g/mol. The van der Waals surface area contributed by atoms with E-state index in [9.17, 15) is 9.59 Å². The zero-order valence-corrected chi connectivity index (χ0v) is 25.0. The van der Waals surface area contributed by atoms with E-state index in [1.165, 1.54) is 6.08 Å². The van der Waals surface area contributed by atoms with E-state index in [1.54, 1.807) is 20.4 Å². The molecule has 4 rings (SSSR count). The number of carbonyl (C=O) groups is 2. The van der Waals surface area contributed by atoms with Gasteiger partial charge in [0.05, 0.1) is 24.7 Å². The van der Waals surface area contributed by atoms with E-state index in [0.29, 0.717) is 28.8 Å². The number of likely N-dealkylation sites (N-methyl/N-ethyl adjacent to an activating group) is 2. The van der Waals surface area contributed by atoms with Crippen LogP contribution in [-0.4, -0.2) is 79.6 Å². The van der Waals surface area contributed by atoms with E-state index in [4.69, 9.17) is 9.72 Å². The standard InChI is InChI=1S/C31H38N8O3/c1-8-21(40)15-20-16-24(28(42-7)17-27(20)38(5)14-13-37(3)4)34-30-33-18-25(35-31(41)32-2)29(36-30)23-19-39(6)26-12-10-9-11-22(23)26/h8-12,16-19H,1,13-15H2,2-7H3,(H2,32,35,41)(H,33,34,36). The number of para-hydroxylation sites is 1. The van der Waals surface area contributed by atoms with Gasteiger partial charge in [-0.15, -0.1) is 0 Å². The van der Waals surface area contributed by atoms with E-state index in [1.807, 2.05) is 75.4 Å². The number of benzene rings is 2. The third-order valence-electron chi connectivity index (χ3n) is 6.95. The van der Waals surface area contributed by atoms with Crippen molar-refractivity contribution in [1.82, 2.24) is 24.8 Å². The highest BCUT2D eigenvalue weighted by Gasteiger charge is 2.20. The van der Waals surface area contributed by atoms with Gasteiger partial charge < -0.3 is 35.1 Å². The largest absolute Gasteiger partial charge is 0.494 e. The molecule has 11 nitrogen and oxygen atoms in total. The molecule has 0 radical (unpaired) electrons. The first kappa shape index (κ1) is 30.1. The molecular formula is C31H38N8O3. The smallest absolute Gasteiger partial charge is 0.319 e. The van der Waals surface area contributed by atoms with Crippen LogP contribution in [-0.2, 0) is 18.3 Å². The van der Waals surface area contributed by atoms with Crippen molar-refractivity contribution in [2.75, 3.05) is 63.9 Å². The normalized spacial score (nSPS) is 10.9. The quantitative estimate of drug-likeness (QED) is 0.214. The van der Waals surface area contributed by atoms with Gasteiger partial charge in [0.15, 0.2) is 5.78 Å². The number of fused-ring (bicyclic) bond motifs is 1. The van der Waals surface area contributed by atoms with Crippen LogP contribution in [0.25, 0.3) is 22.2 Å². The number of rotatable bonds is 12. The molecule has 3 N–H and O–H groups in total. The third kappa shape index (κ3) is 6.69. The number of urea groups is 1. The van der Waals surface area contributed by atoms with Crippen LogP contribution in [0, 0.1) is 0 Å². The van der Waals surface area contributed by atoms with E-state index in [0.717, 1.165) is 40.8 Å². The molecule has 0 unspecified atom stereocenters. The average molecular weight is 571 g/mol. The van der Waals surface area contributed by atoms with E-state index in [-0.39, 0.29) is 18.2 Å². The second kappa shape index (κ2) is 13.2. The Morgan fingerprint density at radius 1 is 1.12 bits per heavy atom. The van der Waals surface area contributed by atoms with Crippen LogP contribution in [0.5, 0.6) is 5.75 Å². The van der Waals surface area contributed by atoms with Gasteiger partial charge in [-0.1, -0.05) is 24.8 Å². The average Bonchev–Trinajstić information content (AvgIpc) is 3.32. The Kier molecular flexibility index (Phi) is 9.43. The maximum atomic E-state index is 12.4. The minimum Gasteiger partial charge on any atom is -0.494 e. The van der Waals surface area contributed by atoms with Crippen LogP contribution < -0.4 is 25.6 Å². The summed E-state index contributed by atoms with van der Waals surface area (Å²) in [5.41, 5.74) is 5.18. The van der Waals surface area contributed by atoms with Gasteiger partial charge in [-0.25, -0.2) is 14.8 Å². The highest BCUT2D eigenvalue weighted by atomic mass is 16.5. The lowest BCUT2D eigenvalue weighted by Gasteiger charge is -2.26. The highest BCUT2D eigenvalue weighted by molar-refractivity contribution is 6.01. The molecule has 4 aromatic rings. The van der Waals surface area contributed by atoms with E-state index >= 15 is 0 Å². The number of hydrogen-bond acceptors (Lipinski definition) is 8.